The molecule has 1 amide bonds. The zero-order chi connectivity index (χ0) is 30.4. The van der Waals surface area contributed by atoms with E-state index in [1.165, 1.54) is 14.2 Å². The number of carbonyl (C=O) groups excluding carboxylic acids is 5. The number of hydrogen-bond acceptors (Lipinski definition) is 14. The first kappa shape index (κ1) is 31.8. The number of carbonyl (C=O) groups is 5. The zero-order valence-corrected chi connectivity index (χ0v) is 24.7. The number of benzene rings is 1. The van der Waals surface area contributed by atoms with Gasteiger partial charge in [-0.1, -0.05) is 30.0 Å². The molecule has 3 rings (SSSR count). The predicted octanol–water partition coefficient (Wildman–Crippen LogP) is 1.99. The number of methoxy groups -OCH3 is 2. The molecule has 0 bridgehead atoms. The summed E-state index contributed by atoms with van der Waals surface area (Å²) in [5.74, 6) is -2.70. The molecular weight excluding hydrogens is 582 g/mol. The summed E-state index contributed by atoms with van der Waals surface area (Å²) in [6.07, 6.45) is -5.39. The van der Waals surface area contributed by atoms with Crippen molar-refractivity contribution in [3.63, 3.8) is 0 Å². The maximum atomic E-state index is 13.7. The lowest BCUT2D eigenvalue weighted by molar-refractivity contribution is -0.268. The second kappa shape index (κ2) is 13.8. The lowest BCUT2D eigenvalue weighted by Crippen LogP contribution is -2.66. The van der Waals surface area contributed by atoms with E-state index in [1.54, 1.807) is 24.3 Å². The van der Waals surface area contributed by atoms with Gasteiger partial charge < -0.3 is 33.2 Å². The average molecular weight is 612 g/mol. The van der Waals surface area contributed by atoms with Gasteiger partial charge in [0.25, 0.3) is 5.91 Å². The Morgan fingerprint density at radius 2 is 1.49 bits per heavy atom. The van der Waals surface area contributed by atoms with Crippen LogP contribution in [0.3, 0.4) is 0 Å². The SMILES string of the molecule is COc1ccc(C=C2SC(=S)N(C3OC(COC(C)=O)C(OC(C)=O)C(OC(C)=O)C3OC(C)=O)C2=O)cc1OC. The van der Waals surface area contributed by atoms with Crippen molar-refractivity contribution in [1.82, 2.24) is 4.90 Å². The van der Waals surface area contributed by atoms with Gasteiger partial charge in [-0.05, 0) is 23.8 Å². The number of nitrogens with zero attached hydrogens (tertiary/aromatic N) is 1. The summed E-state index contributed by atoms with van der Waals surface area (Å²) >= 11 is 6.46. The number of thioether (sulfide) groups is 1. The molecule has 0 spiro atoms. The predicted molar refractivity (Wildman–Crippen MR) is 147 cm³/mol. The smallest absolute Gasteiger partial charge is 0.303 e. The van der Waals surface area contributed by atoms with Gasteiger partial charge in [-0.15, -0.1) is 0 Å². The van der Waals surface area contributed by atoms with Crippen molar-refractivity contribution in [3.8, 4) is 11.5 Å². The Morgan fingerprint density at radius 1 is 0.902 bits per heavy atom. The highest BCUT2D eigenvalue weighted by molar-refractivity contribution is 8.26. The van der Waals surface area contributed by atoms with Crippen LogP contribution < -0.4 is 9.47 Å². The molecule has 1 aromatic carbocycles. The minimum absolute atomic E-state index is 0.0441. The Labute approximate surface area is 245 Å². The van der Waals surface area contributed by atoms with Crippen LogP contribution in [0.5, 0.6) is 11.5 Å². The van der Waals surface area contributed by atoms with E-state index >= 15 is 0 Å². The molecule has 0 saturated carbocycles. The Morgan fingerprint density at radius 3 is 2.05 bits per heavy atom. The average Bonchev–Trinajstić information content (AvgIpc) is 3.16. The Kier molecular flexibility index (Phi) is 10.7. The molecule has 2 saturated heterocycles. The first-order valence-corrected chi connectivity index (χ1v) is 13.4. The van der Waals surface area contributed by atoms with Crippen LogP contribution in [-0.2, 0) is 47.7 Å². The standard InChI is InChI=1S/C26H29NO12S2/c1-12(28)35-11-19-21(36-13(2)29)22(37-14(3)30)23(38-15(4)31)25(39-19)27-24(32)20(41-26(27)40)10-16-7-8-17(33-5)18(9-16)34-6/h7-10,19,21-23,25H,11H2,1-6H3. The molecule has 222 valence electrons. The number of rotatable bonds is 9. The summed E-state index contributed by atoms with van der Waals surface area (Å²) in [5.41, 5.74) is 0.602. The molecule has 2 aliphatic heterocycles. The van der Waals surface area contributed by atoms with E-state index in [0.29, 0.717) is 17.1 Å². The molecule has 2 aliphatic rings. The molecule has 0 radical (unpaired) electrons. The van der Waals surface area contributed by atoms with Gasteiger partial charge in [0.05, 0.1) is 19.1 Å². The van der Waals surface area contributed by atoms with Crippen LogP contribution in [0, 0.1) is 0 Å². The number of hydrogen-bond donors (Lipinski definition) is 0. The van der Waals surface area contributed by atoms with Gasteiger partial charge in [0, 0.05) is 27.7 Å². The van der Waals surface area contributed by atoms with Gasteiger partial charge in [-0.3, -0.25) is 28.9 Å². The van der Waals surface area contributed by atoms with Crippen LogP contribution in [0.1, 0.15) is 33.3 Å². The van der Waals surface area contributed by atoms with E-state index in [1.807, 2.05) is 0 Å². The largest absolute Gasteiger partial charge is 0.493 e. The van der Waals surface area contributed by atoms with Gasteiger partial charge in [0.1, 0.15) is 12.7 Å². The molecule has 15 heteroatoms. The highest BCUT2D eigenvalue weighted by atomic mass is 32.2. The van der Waals surface area contributed by atoms with Crippen molar-refractivity contribution in [2.45, 2.75) is 58.3 Å². The molecule has 0 N–H and O–H groups in total. The molecule has 1 aromatic rings. The van der Waals surface area contributed by atoms with Crippen molar-refractivity contribution in [2.24, 2.45) is 0 Å². The fraction of sp³-hybridized carbons (Fsp3) is 0.462. The maximum Gasteiger partial charge on any atom is 0.303 e. The minimum Gasteiger partial charge on any atom is -0.493 e. The van der Waals surface area contributed by atoms with Crippen molar-refractivity contribution in [2.75, 3.05) is 20.8 Å². The molecule has 0 aromatic heterocycles. The van der Waals surface area contributed by atoms with Crippen LogP contribution in [-0.4, -0.2) is 90.5 Å². The Bertz CT molecular complexity index is 1260. The first-order chi connectivity index (χ1) is 19.4. The molecule has 41 heavy (non-hydrogen) atoms. The Hall–Kier alpha value is -3.69. The highest BCUT2D eigenvalue weighted by Gasteiger charge is 2.56. The van der Waals surface area contributed by atoms with Crippen molar-refractivity contribution < 1.29 is 57.1 Å². The number of thiocarbonyl (C=S) groups is 1. The summed E-state index contributed by atoms with van der Waals surface area (Å²) in [4.78, 5) is 62.7. The third kappa shape index (κ3) is 7.74. The number of ether oxygens (including phenoxy) is 7. The zero-order valence-electron chi connectivity index (χ0n) is 23.1. The number of amides is 1. The molecule has 13 nitrogen and oxygen atoms in total. The second-order valence-corrected chi connectivity index (χ2v) is 10.4. The third-order valence-corrected chi connectivity index (χ3v) is 7.08. The molecule has 5 unspecified atom stereocenters. The van der Waals surface area contributed by atoms with E-state index in [2.05, 4.69) is 0 Å². The Balaban J connectivity index is 2.05. The fourth-order valence-corrected chi connectivity index (χ4v) is 5.52. The summed E-state index contributed by atoms with van der Waals surface area (Å²) in [7, 11) is 2.97. The van der Waals surface area contributed by atoms with Gasteiger partial charge >= 0.3 is 23.9 Å². The topological polar surface area (TPSA) is 153 Å². The lowest BCUT2D eigenvalue weighted by Gasteiger charge is -2.46. The van der Waals surface area contributed by atoms with Crippen LogP contribution in [0.2, 0.25) is 0 Å². The second-order valence-electron chi connectivity index (χ2n) is 8.76. The summed E-state index contributed by atoms with van der Waals surface area (Å²) in [5, 5.41) is 0. The molecule has 2 fully saturated rings. The molecule has 0 aliphatic carbocycles. The van der Waals surface area contributed by atoms with Crippen molar-refractivity contribution in [3.05, 3.63) is 28.7 Å². The third-order valence-electron chi connectivity index (χ3n) is 5.75. The van der Waals surface area contributed by atoms with E-state index in [0.717, 1.165) is 44.4 Å². The van der Waals surface area contributed by atoms with Gasteiger partial charge in [0.2, 0.25) is 0 Å². The van der Waals surface area contributed by atoms with Crippen LogP contribution >= 0.6 is 24.0 Å². The van der Waals surface area contributed by atoms with Crippen LogP contribution in [0.25, 0.3) is 6.08 Å². The fourth-order valence-electron chi connectivity index (χ4n) is 4.21. The monoisotopic (exact) mass is 611 g/mol. The minimum atomic E-state index is -1.47. The van der Waals surface area contributed by atoms with Crippen LogP contribution in [0.4, 0.5) is 0 Å². The van der Waals surface area contributed by atoms with Crippen molar-refractivity contribution in [1.29, 1.82) is 0 Å². The van der Waals surface area contributed by atoms with Crippen LogP contribution in [0.15, 0.2) is 23.1 Å². The van der Waals surface area contributed by atoms with Gasteiger partial charge in [-0.25, -0.2) is 0 Å². The quantitative estimate of drug-likeness (QED) is 0.173. The molecule has 2 heterocycles. The molecule has 5 atom stereocenters. The van der Waals surface area contributed by atoms with Gasteiger partial charge in [-0.2, -0.15) is 0 Å². The maximum absolute atomic E-state index is 13.7. The summed E-state index contributed by atoms with van der Waals surface area (Å²) < 4.78 is 38.1. The van der Waals surface area contributed by atoms with Gasteiger partial charge in [0.15, 0.2) is 40.4 Å². The van der Waals surface area contributed by atoms with E-state index in [9.17, 15) is 24.0 Å². The van der Waals surface area contributed by atoms with E-state index in [4.69, 9.17) is 45.4 Å². The van der Waals surface area contributed by atoms with Crippen molar-refractivity contribution >= 4 is 64.2 Å². The highest BCUT2D eigenvalue weighted by Crippen LogP contribution is 2.40. The summed E-state index contributed by atoms with van der Waals surface area (Å²) in [6, 6.07) is 5.05. The van der Waals surface area contributed by atoms with E-state index < -0.39 is 67.0 Å². The first-order valence-electron chi connectivity index (χ1n) is 12.2. The normalized spacial score (nSPS) is 25.0. The molecular formula is C26H29NO12S2. The lowest BCUT2D eigenvalue weighted by atomic mass is 9.96. The summed E-state index contributed by atoms with van der Waals surface area (Å²) in [6.45, 7) is 4.04. The number of esters is 4. The van der Waals surface area contributed by atoms with E-state index in [-0.39, 0.29) is 9.23 Å².